The quantitative estimate of drug-likeness (QED) is 0.490. The molecule has 1 aliphatic rings. The number of hydrogen-bond donors (Lipinski definition) is 1. The van der Waals surface area contributed by atoms with Crippen LogP contribution in [0.25, 0.3) is 0 Å². The molecule has 3 heteroatoms. The monoisotopic (exact) mass is 132 g/mol. The van der Waals surface area contributed by atoms with E-state index in [9.17, 15) is 0 Å². The van der Waals surface area contributed by atoms with Crippen LogP contribution in [0.5, 0.6) is 0 Å². The Hall–Kier alpha value is 0.270. The van der Waals surface area contributed by atoms with Crippen molar-refractivity contribution in [2.75, 3.05) is 5.88 Å². The van der Waals surface area contributed by atoms with Crippen LogP contribution in [0.3, 0.4) is 0 Å². The molecular formula is C5H12N2S. The summed E-state index contributed by atoms with van der Waals surface area (Å²) in [5, 5.41) is 2.59. The highest BCUT2D eigenvalue weighted by Crippen LogP contribution is 2.24. The summed E-state index contributed by atoms with van der Waals surface area (Å²) in [6.45, 7) is 4.37. The molecule has 2 nitrogen and oxygen atoms in total. The number of rotatable bonds is 0. The summed E-state index contributed by atoms with van der Waals surface area (Å²) >= 11 is 1.91. The van der Waals surface area contributed by atoms with E-state index in [-0.39, 0.29) is 0 Å². The molecule has 2 atom stereocenters. The van der Waals surface area contributed by atoms with Gasteiger partial charge in [-0.25, -0.2) is 5.01 Å². The van der Waals surface area contributed by atoms with E-state index < -0.39 is 0 Å². The second kappa shape index (κ2) is 2.25. The zero-order chi connectivity index (χ0) is 6.15. The minimum absolute atomic E-state index is 0.556. The van der Waals surface area contributed by atoms with Gasteiger partial charge >= 0.3 is 0 Å². The summed E-state index contributed by atoms with van der Waals surface area (Å²) in [5.74, 6) is 6.57. The van der Waals surface area contributed by atoms with Crippen LogP contribution in [0.4, 0.5) is 0 Å². The third-order valence-electron chi connectivity index (χ3n) is 1.69. The van der Waals surface area contributed by atoms with Gasteiger partial charge in [0.05, 0.1) is 5.88 Å². The van der Waals surface area contributed by atoms with Crippen LogP contribution in [0.15, 0.2) is 0 Å². The number of hydrazine groups is 1. The maximum atomic E-state index is 5.58. The Kier molecular flexibility index (Phi) is 1.80. The van der Waals surface area contributed by atoms with Crippen LogP contribution in [-0.4, -0.2) is 22.2 Å². The topological polar surface area (TPSA) is 29.3 Å². The van der Waals surface area contributed by atoms with Crippen molar-refractivity contribution in [3.05, 3.63) is 0 Å². The number of nitrogens with zero attached hydrogens (tertiary/aromatic N) is 1. The highest BCUT2D eigenvalue weighted by molar-refractivity contribution is 8.00. The second-order valence-electron chi connectivity index (χ2n) is 2.26. The molecule has 0 bridgehead atoms. The molecule has 2 unspecified atom stereocenters. The third-order valence-corrected chi connectivity index (χ3v) is 3.06. The van der Waals surface area contributed by atoms with Gasteiger partial charge in [0.15, 0.2) is 0 Å². The number of nitrogens with two attached hydrogens (primary N) is 1. The lowest BCUT2D eigenvalue weighted by Gasteiger charge is -2.14. The van der Waals surface area contributed by atoms with E-state index >= 15 is 0 Å². The molecule has 1 rings (SSSR count). The molecule has 0 saturated carbocycles. The highest BCUT2D eigenvalue weighted by atomic mass is 32.2. The molecule has 1 fully saturated rings. The Balaban J connectivity index is 2.44. The fraction of sp³-hybridized carbons (Fsp3) is 1.00. The van der Waals surface area contributed by atoms with Gasteiger partial charge in [-0.1, -0.05) is 6.92 Å². The molecule has 48 valence electrons. The van der Waals surface area contributed by atoms with E-state index in [0.29, 0.717) is 11.3 Å². The molecule has 0 aromatic carbocycles. The lowest BCUT2D eigenvalue weighted by atomic mass is 10.2. The molecule has 1 heterocycles. The second-order valence-corrected chi connectivity index (χ2v) is 3.59. The fourth-order valence-electron chi connectivity index (χ4n) is 0.730. The zero-order valence-electron chi connectivity index (χ0n) is 5.29. The van der Waals surface area contributed by atoms with Gasteiger partial charge < -0.3 is 0 Å². The van der Waals surface area contributed by atoms with E-state index in [1.807, 2.05) is 16.8 Å². The highest BCUT2D eigenvalue weighted by Gasteiger charge is 2.24. The van der Waals surface area contributed by atoms with Crippen LogP contribution in [0, 0.1) is 0 Å². The number of thioether (sulfide) groups is 1. The Morgan fingerprint density at radius 2 is 2.25 bits per heavy atom. The molecule has 0 radical (unpaired) electrons. The van der Waals surface area contributed by atoms with E-state index in [1.165, 1.54) is 0 Å². The Morgan fingerprint density at radius 3 is 2.38 bits per heavy atom. The molecule has 0 aromatic rings. The van der Waals surface area contributed by atoms with Gasteiger partial charge in [0, 0.05) is 11.3 Å². The maximum absolute atomic E-state index is 5.58. The first-order chi connectivity index (χ1) is 3.72. The third kappa shape index (κ3) is 0.989. The van der Waals surface area contributed by atoms with Crippen molar-refractivity contribution in [3.63, 3.8) is 0 Å². The summed E-state index contributed by atoms with van der Waals surface area (Å²) in [5.41, 5.74) is 0. The van der Waals surface area contributed by atoms with Crippen LogP contribution in [0.1, 0.15) is 13.8 Å². The van der Waals surface area contributed by atoms with Gasteiger partial charge in [0.1, 0.15) is 0 Å². The van der Waals surface area contributed by atoms with E-state index in [1.54, 1.807) is 0 Å². The molecule has 2 N–H and O–H groups in total. The average Bonchev–Trinajstić information content (AvgIpc) is 1.98. The van der Waals surface area contributed by atoms with Gasteiger partial charge in [0.2, 0.25) is 0 Å². The summed E-state index contributed by atoms with van der Waals surface area (Å²) in [6, 6.07) is 0.556. The lowest BCUT2D eigenvalue weighted by Crippen LogP contribution is -2.36. The maximum Gasteiger partial charge on any atom is 0.0591 e. The first-order valence-corrected chi connectivity index (χ1v) is 3.89. The lowest BCUT2D eigenvalue weighted by molar-refractivity contribution is 0.273. The first-order valence-electron chi connectivity index (χ1n) is 2.85. The number of hydrogen-bond acceptors (Lipinski definition) is 3. The van der Waals surface area contributed by atoms with Crippen LogP contribution in [-0.2, 0) is 0 Å². The smallest absolute Gasteiger partial charge is 0.0591 e. The van der Waals surface area contributed by atoms with Crippen LogP contribution >= 0.6 is 11.8 Å². The molecule has 8 heavy (non-hydrogen) atoms. The SMILES string of the molecule is CC1SCN(N)C1C. The van der Waals surface area contributed by atoms with Crippen LogP contribution < -0.4 is 5.84 Å². The van der Waals surface area contributed by atoms with E-state index in [2.05, 4.69) is 13.8 Å². The Morgan fingerprint density at radius 1 is 1.62 bits per heavy atom. The van der Waals surface area contributed by atoms with Crippen molar-refractivity contribution in [1.82, 2.24) is 5.01 Å². The molecular weight excluding hydrogens is 120 g/mol. The molecule has 0 amide bonds. The van der Waals surface area contributed by atoms with Crippen molar-refractivity contribution in [2.45, 2.75) is 25.1 Å². The van der Waals surface area contributed by atoms with Crippen molar-refractivity contribution in [2.24, 2.45) is 5.84 Å². The normalized spacial score (nSPS) is 40.9. The van der Waals surface area contributed by atoms with Crippen LogP contribution in [0.2, 0.25) is 0 Å². The summed E-state index contributed by atoms with van der Waals surface area (Å²) < 4.78 is 0. The predicted octanol–water partition coefficient (Wildman–Crippen LogP) is 0.643. The van der Waals surface area contributed by atoms with Crippen molar-refractivity contribution in [1.29, 1.82) is 0 Å². The molecule has 0 spiro atoms. The summed E-state index contributed by atoms with van der Waals surface area (Å²) in [7, 11) is 0. The van der Waals surface area contributed by atoms with Gasteiger partial charge in [-0.05, 0) is 6.92 Å². The largest absolute Gasteiger partial charge is 0.268 e. The molecule has 0 aromatic heterocycles. The first kappa shape index (κ1) is 6.39. The Labute approximate surface area is 54.4 Å². The predicted molar refractivity (Wildman–Crippen MR) is 37.4 cm³/mol. The summed E-state index contributed by atoms with van der Waals surface area (Å²) in [4.78, 5) is 0. The van der Waals surface area contributed by atoms with Gasteiger partial charge in [-0.3, -0.25) is 5.84 Å². The minimum atomic E-state index is 0.556. The van der Waals surface area contributed by atoms with E-state index in [4.69, 9.17) is 5.84 Å². The minimum Gasteiger partial charge on any atom is -0.268 e. The van der Waals surface area contributed by atoms with Gasteiger partial charge in [-0.2, -0.15) is 0 Å². The molecule has 1 aliphatic heterocycles. The Bertz CT molecular complexity index is 76.5. The van der Waals surface area contributed by atoms with Crippen molar-refractivity contribution < 1.29 is 0 Å². The summed E-state index contributed by atoms with van der Waals surface area (Å²) in [6.07, 6.45) is 0. The fourth-order valence-corrected chi connectivity index (χ4v) is 1.81. The standard InChI is InChI=1S/C5H12N2S/c1-4-5(2)8-3-7(4)6/h4-5H,3,6H2,1-2H3. The molecule has 0 aliphatic carbocycles. The van der Waals surface area contributed by atoms with Gasteiger partial charge in [-0.15, -0.1) is 11.8 Å². The van der Waals surface area contributed by atoms with Gasteiger partial charge in [0.25, 0.3) is 0 Å². The van der Waals surface area contributed by atoms with Crippen molar-refractivity contribution in [3.8, 4) is 0 Å². The zero-order valence-corrected chi connectivity index (χ0v) is 6.11. The molecule has 1 saturated heterocycles. The average molecular weight is 132 g/mol. The van der Waals surface area contributed by atoms with E-state index in [0.717, 1.165) is 5.88 Å². The van der Waals surface area contributed by atoms with Crippen molar-refractivity contribution >= 4 is 11.8 Å².